The van der Waals surface area contributed by atoms with Crippen LogP contribution in [0, 0.1) is 6.92 Å². The normalized spacial score (nSPS) is 11.9. The van der Waals surface area contributed by atoms with E-state index in [1.54, 1.807) is 12.1 Å². The first-order valence-electron chi connectivity index (χ1n) is 5.55. The first-order chi connectivity index (χ1) is 8.54. The molecule has 1 unspecified atom stereocenters. The summed E-state index contributed by atoms with van der Waals surface area (Å²) in [6.45, 7) is 2.19. The zero-order chi connectivity index (χ0) is 13.5. The van der Waals surface area contributed by atoms with Crippen LogP contribution in [0.5, 0.6) is 0 Å². The van der Waals surface area contributed by atoms with Gasteiger partial charge < -0.3 is 13.6 Å². The van der Waals surface area contributed by atoms with Crippen molar-refractivity contribution in [2.75, 3.05) is 18.0 Å². The number of rotatable bonds is 6. The number of ether oxygens (including phenoxy) is 1. The highest BCUT2D eigenvalue weighted by Gasteiger charge is 2.08. The van der Waals surface area contributed by atoms with Gasteiger partial charge in [-0.15, -0.1) is 0 Å². The van der Waals surface area contributed by atoms with E-state index in [-0.39, 0.29) is 18.9 Å². The van der Waals surface area contributed by atoms with Crippen molar-refractivity contribution in [1.82, 2.24) is 0 Å². The van der Waals surface area contributed by atoms with Crippen molar-refractivity contribution >= 4 is 22.9 Å². The molecule has 0 bridgehead atoms. The molecule has 6 heteroatoms. The fraction of sp³-hybridized carbons (Fsp3) is 0.417. The van der Waals surface area contributed by atoms with Crippen molar-refractivity contribution in [2.45, 2.75) is 19.8 Å². The van der Waals surface area contributed by atoms with E-state index in [2.05, 4.69) is 4.74 Å². The van der Waals surface area contributed by atoms with Crippen molar-refractivity contribution in [3.05, 3.63) is 29.8 Å². The molecule has 0 heterocycles. The Balaban J connectivity index is 2.63. The molecule has 0 spiro atoms. The standard InChI is InChI=1S/C12H17NO4S/c1-10-5-7-11(8-6-10)13(18(15)16)9-3-4-12(14)17-2/h5-8H,3-4,9H2,1-2H3,(H,15,16)/p-1. The third kappa shape index (κ3) is 4.46. The quantitative estimate of drug-likeness (QED) is 0.581. The van der Waals surface area contributed by atoms with Gasteiger partial charge in [-0.3, -0.25) is 9.00 Å². The Labute approximate surface area is 109 Å². The van der Waals surface area contributed by atoms with Gasteiger partial charge in [0.05, 0.1) is 7.11 Å². The van der Waals surface area contributed by atoms with Gasteiger partial charge in [-0.05, 0) is 25.5 Å². The lowest BCUT2D eigenvalue weighted by Gasteiger charge is -2.26. The van der Waals surface area contributed by atoms with Gasteiger partial charge in [0, 0.05) is 29.9 Å². The van der Waals surface area contributed by atoms with Crippen LogP contribution in [0.4, 0.5) is 5.69 Å². The van der Waals surface area contributed by atoms with Crippen LogP contribution in [0.1, 0.15) is 18.4 Å². The molecule has 1 atom stereocenters. The molecule has 0 aliphatic heterocycles. The Hall–Kier alpha value is -1.40. The van der Waals surface area contributed by atoms with Crippen molar-refractivity contribution in [3.63, 3.8) is 0 Å². The average molecular weight is 270 g/mol. The Kier molecular flexibility index (Phi) is 5.80. The van der Waals surface area contributed by atoms with Gasteiger partial charge in [0.1, 0.15) is 0 Å². The molecule has 100 valence electrons. The molecule has 0 radical (unpaired) electrons. The molecule has 0 aliphatic rings. The van der Waals surface area contributed by atoms with E-state index < -0.39 is 11.3 Å². The molecule has 0 aromatic heterocycles. The van der Waals surface area contributed by atoms with Crippen LogP contribution >= 0.6 is 0 Å². The number of hydrogen-bond donors (Lipinski definition) is 0. The first-order valence-corrected chi connectivity index (χ1v) is 6.58. The number of methoxy groups -OCH3 is 1. The maximum absolute atomic E-state index is 11.1. The van der Waals surface area contributed by atoms with Crippen LogP contribution in [0.3, 0.4) is 0 Å². The minimum Gasteiger partial charge on any atom is -0.755 e. The minimum absolute atomic E-state index is 0.204. The second kappa shape index (κ2) is 7.13. The summed E-state index contributed by atoms with van der Waals surface area (Å²) >= 11 is -2.35. The summed E-state index contributed by atoms with van der Waals surface area (Å²) in [7, 11) is 1.31. The van der Waals surface area contributed by atoms with Gasteiger partial charge in [0.2, 0.25) is 0 Å². The summed E-state index contributed by atoms with van der Waals surface area (Å²) in [5.41, 5.74) is 1.66. The van der Waals surface area contributed by atoms with Crippen LogP contribution in [0.15, 0.2) is 24.3 Å². The second-order valence-electron chi connectivity index (χ2n) is 3.83. The number of carbonyl (C=O) groups excluding carboxylic acids is 1. The number of carbonyl (C=O) groups is 1. The highest BCUT2D eigenvalue weighted by molar-refractivity contribution is 7.80. The number of benzene rings is 1. The largest absolute Gasteiger partial charge is 0.755 e. The Morgan fingerprint density at radius 1 is 1.39 bits per heavy atom. The molecule has 5 nitrogen and oxygen atoms in total. The molecule has 0 N–H and O–H groups in total. The van der Waals surface area contributed by atoms with Crippen molar-refractivity contribution in [1.29, 1.82) is 0 Å². The molecule has 1 rings (SSSR count). The van der Waals surface area contributed by atoms with Crippen LogP contribution in [0.25, 0.3) is 0 Å². The van der Waals surface area contributed by atoms with E-state index in [1.165, 1.54) is 11.4 Å². The van der Waals surface area contributed by atoms with Crippen LogP contribution in [0.2, 0.25) is 0 Å². The summed E-state index contributed by atoms with van der Waals surface area (Å²) < 4.78 is 28.0. The molecule has 0 saturated heterocycles. The fourth-order valence-corrected chi connectivity index (χ4v) is 2.04. The second-order valence-corrected chi connectivity index (χ2v) is 4.71. The van der Waals surface area contributed by atoms with Gasteiger partial charge in [-0.25, -0.2) is 0 Å². The van der Waals surface area contributed by atoms with E-state index in [4.69, 9.17) is 0 Å². The monoisotopic (exact) mass is 270 g/mol. The van der Waals surface area contributed by atoms with E-state index in [0.717, 1.165) is 5.56 Å². The van der Waals surface area contributed by atoms with Crippen LogP contribution in [-0.2, 0) is 20.8 Å². The summed E-state index contributed by atoms with van der Waals surface area (Å²) in [5.74, 6) is -0.337. The summed E-state index contributed by atoms with van der Waals surface area (Å²) in [6, 6.07) is 7.16. The van der Waals surface area contributed by atoms with E-state index in [0.29, 0.717) is 12.1 Å². The Morgan fingerprint density at radius 2 is 2.00 bits per heavy atom. The maximum atomic E-state index is 11.1. The van der Waals surface area contributed by atoms with Crippen molar-refractivity contribution < 1.29 is 18.3 Å². The van der Waals surface area contributed by atoms with Crippen LogP contribution < -0.4 is 4.31 Å². The predicted molar refractivity (Wildman–Crippen MR) is 68.7 cm³/mol. The number of hydrogen-bond acceptors (Lipinski definition) is 4. The van der Waals surface area contributed by atoms with Gasteiger partial charge in [0.15, 0.2) is 0 Å². The Morgan fingerprint density at radius 3 is 2.50 bits per heavy atom. The lowest BCUT2D eigenvalue weighted by molar-refractivity contribution is -0.140. The van der Waals surface area contributed by atoms with Crippen molar-refractivity contribution in [2.24, 2.45) is 0 Å². The fourth-order valence-electron chi connectivity index (χ4n) is 1.47. The lowest BCUT2D eigenvalue weighted by Crippen LogP contribution is -2.27. The topological polar surface area (TPSA) is 69.7 Å². The highest BCUT2D eigenvalue weighted by Crippen LogP contribution is 2.17. The predicted octanol–water partition coefficient (Wildman–Crippen LogP) is 1.55. The van der Waals surface area contributed by atoms with Gasteiger partial charge >= 0.3 is 5.97 Å². The minimum atomic E-state index is -2.35. The molecule has 0 amide bonds. The molecule has 0 saturated carbocycles. The third-order valence-corrected chi connectivity index (χ3v) is 3.22. The molecular weight excluding hydrogens is 254 g/mol. The van der Waals surface area contributed by atoms with Gasteiger partial charge in [0.25, 0.3) is 0 Å². The van der Waals surface area contributed by atoms with Crippen molar-refractivity contribution in [3.8, 4) is 0 Å². The average Bonchev–Trinajstić information content (AvgIpc) is 2.35. The zero-order valence-electron chi connectivity index (χ0n) is 10.4. The summed E-state index contributed by atoms with van der Waals surface area (Å²) in [5, 5.41) is 0. The molecule has 0 aliphatic carbocycles. The number of anilines is 1. The number of aryl methyl sites for hydroxylation is 1. The number of nitrogens with zero attached hydrogens (tertiary/aromatic N) is 1. The summed E-state index contributed by atoms with van der Waals surface area (Å²) in [4.78, 5) is 10.9. The SMILES string of the molecule is COC(=O)CCCN(c1ccc(C)cc1)S(=O)[O-]. The molecule has 1 aromatic rings. The lowest BCUT2D eigenvalue weighted by atomic mass is 10.2. The zero-order valence-corrected chi connectivity index (χ0v) is 11.2. The summed E-state index contributed by atoms with van der Waals surface area (Å²) in [6.07, 6.45) is 0.630. The van der Waals surface area contributed by atoms with Gasteiger partial charge in [-0.1, -0.05) is 17.7 Å². The van der Waals surface area contributed by atoms with Gasteiger partial charge in [-0.2, -0.15) is 0 Å². The van der Waals surface area contributed by atoms with E-state index >= 15 is 0 Å². The highest BCUT2D eigenvalue weighted by atomic mass is 32.2. The molecule has 18 heavy (non-hydrogen) atoms. The number of esters is 1. The third-order valence-electron chi connectivity index (χ3n) is 2.47. The smallest absolute Gasteiger partial charge is 0.305 e. The molecular formula is C12H16NO4S-. The maximum Gasteiger partial charge on any atom is 0.305 e. The van der Waals surface area contributed by atoms with E-state index in [1.807, 2.05) is 19.1 Å². The Bertz CT molecular complexity index is 419. The first kappa shape index (κ1) is 14.7. The molecule has 0 fully saturated rings. The van der Waals surface area contributed by atoms with E-state index in [9.17, 15) is 13.6 Å². The van der Waals surface area contributed by atoms with Crippen LogP contribution in [-0.4, -0.2) is 28.4 Å². The molecule has 1 aromatic carbocycles.